The van der Waals surface area contributed by atoms with Crippen LogP contribution in [0.4, 0.5) is 0 Å². The van der Waals surface area contributed by atoms with Crippen LogP contribution in [0, 0.1) is 11.8 Å². The van der Waals surface area contributed by atoms with Crippen molar-refractivity contribution in [2.45, 2.75) is 6.92 Å². The summed E-state index contributed by atoms with van der Waals surface area (Å²) in [6.07, 6.45) is 2.64. The quantitative estimate of drug-likeness (QED) is 0.375. The number of hydrogen-bond acceptors (Lipinski definition) is 1. The van der Waals surface area contributed by atoms with Gasteiger partial charge in [0.1, 0.15) is 0 Å². The van der Waals surface area contributed by atoms with Crippen LogP contribution in [0.5, 0.6) is 0 Å². The lowest BCUT2D eigenvalue weighted by atomic mass is 10.5. The summed E-state index contributed by atoms with van der Waals surface area (Å²) in [5.41, 5.74) is 4.74. The number of nitrogens with two attached hydrogens (primary N) is 1. The minimum absolute atomic E-state index is 0.465. The minimum atomic E-state index is -0.465. The van der Waals surface area contributed by atoms with Crippen LogP contribution in [-0.2, 0) is 4.79 Å². The van der Waals surface area contributed by atoms with Crippen molar-refractivity contribution in [3.05, 3.63) is 12.2 Å². The molecule has 2 N–H and O–H groups in total. The van der Waals surface area contributed by atoms with Crippen molar-refractivity contribution in [3.63, 3.8) is 0 Å². The molecule has 0 atom stereocenters. The van der Waals surface area contributed by atoms with Gasteiger partial charge in [-0.05, 0) is 13.0 Å². The van der Waals surface area contributed by atoms with Crippen LogP contribution in [0.1, 0.15) is 6.92 Å². The van der Waals surface area contributed by atoms with E-state index in [1.165, 1.54) is 12.2 Å². The molecule has 0 fully saturated rings. The normalized spacial score (nSPS) is 8.12. The lowest BCUT2D eigenvalue weighted by molar-refractivity contribution is -0.113. The zero-order valence-electron chi connectivity index (χ0n) is 4.64. The summed E-state index contributed by atoms with van der Waals surface area (Å²) in [4.78, 5) is 9.94. The van der Waals surface area contributed by atoms with Gasteiger partial charge in [-0.1, -0.05) is 5.92 Å². The fourth-order valence-corrected chi connectivity index (χ4v) is 0.207. The second-order valence-corrected chi connectivity index (χ2v) is 1.13. The summed E-state index contributed by atoms with van der Waals surface area (Å²) in [6.45, 7) is 1.69. The maximum Gasteiger partial charge on any atom is 0.242 e. The Morgan fingerprint density at radius 3 is 2.75 bits per heavy atom. The van der Waals surface area contributed by atoms with Crippen molar-refractivity contribution in [3.8, 4) is 11.8 Å². The molecule has 8 heavy (non-hydrogen) atoms. The van der Waals surface area contributed by atoms with E-state index >= 15 is 0 Å². The second-order valence-electron chi connectivity index (χ2n) is 1.13. The number of hydrogen-bond donors (Lipinski definition) is 1. The molecule has 0 aromatic rings. The molecule has 1 amide bonds. The number of primary amides is 1. The third-order valence-corrected chi connectivity index (χ3v) is 0.475. The molecule has 42 valence electrons. The smallest absolute Gasteiger partial charge is 0.242 e. The fraction of sp³-hybridized carbons (Fsp3) is 0.167. The van der Waals surface area contributed by atoms with Crippen molar-refractivity contribution in [2.75, 3.05) is 0 Å². The fourth-order valence-electron chi connectivity index (χ4n) is 0.207. The van der Waals surface area contributed by atoms with Crippen LogP contribution in [0.15, 0.2) is 12.2 Å². The third kappa shape index (κ3) is 4.77. The van der Waals surface area contributed by atoms with Gasteiger partial charge in [0.05, 0.1) is 0 Å². The number of allylic oxidation sites excluding steroid dienone is 1. The maximum atomic E-state index is 9.94. The topological polar surface area (TPSA) is 43.1 Å². The van der Waals surface area contributed by atoms with Gasteiger partial charge in [-0.15, -0.1) is 5.92 Å². The van der Waals surface area contributed by atoms with Crippen LogP contribution in [0.3, 0.4) is 0 Å². The Kier molecular flexibility index (Phi) is 3.34. The lowest BCUT2D eigenvalue weighted by Crippen LogP contribution is -2.04. The Morgan fingerprint density at radius 1 is 1.75 bits per heavy atom. The van der Waals surface area contributed by atoms with Crippen molar-refractivity contribution < 1.29 is 4.79 Å². The maximum absolute atomic E-state index is 9.94. The van der Waals surface area contributed by atoms with E-state index in [-0.39, 0.29) is 0 Å². The van der Waals surface area contributed by atoms with Gasteiger partial charge >= 0.3 is 0 Å². The average Bonchev–Trinajstić information content (AvgIpc) is 1.66. The van der Waals surface area contributed by atoms with Gasteiger partial charge in [-0.25, -0.2) is 0 Å². The first-order valence-electron chi connectivity index (χ1n) is 2.15. The highest BCUT2D eigenvalue weighted by molar-refractivity contribution is 5.86. The highest BCUT2D eigenvalue weighted by Gasteiger charge is 1.75. The Morgan fingerprint density at radius 2 is 2.38 bits per heavy atom. The summed E-state index contributed by atoms with van der Waals surface area (Å²) >= 11 is 0. The molecule has 0 aromatic heterocycles. The number of carbonyl (C=O) groups excluding carboxylic acids is 1. The van der Waals surface area contributed by atoms with Gasteiger partial charge in [0.25, 0.3) is 0 Å². The zero-order valence-corrected chi connectivity index (χ0v) is 4.64. The van der Waals surface area contributed by atoms with E-state index in [0.717, 1.165) is 0 Å². The molecule has 0 rings (SSSR count). The molecule has 2 heteroatoms. The molecule has 0 saturated heterocycles. The first-order chi connectivity index (χ1) is 3.77. The summed E-state index contributed by atoms with van der Waals surface area (Å²) in [5.74, 6) is 4.66. The van der Waals surface area contributed by atoms with Crippen molar-refractivity contribution in [2.24, 2.45) is 5.73 Å². The molecule has 0 aliphatic carbocycles. The van der Waals surface area contributed by atoms with Crippen LogP contribution in [0.2, 0.25) is 0 Å². The number of amides is 1. The average molecular weight is 109 g/mol. The standard InChI is InChI=1S/C6H7NO/c1-2-3-4-5-6(7)8/h4-5H,1H3,(H2,7,8). The molecular weight excluding hydrogens is 102 g/mol. The first-order valence-corrected chi connectivity index (χ1v) is 2.15. The van der Waals surface area contributed by atoms with E-state index in [2.05, 4.69) is 11.8 Å². The van der Waals surface area contributed by atoms with E-state index in [1.807, 2.05) is 0 Å². The van der Waals surface area contributed by atoms with Gasteiger partial charge in [0.15, 0.2) is 0 Å². The van der Waals surface area contributed by atoms with Crippen molar-refractivity contribution in [1.29, 1.82) is 0 Å². The molecular formula is C6H7NO. The molecule has 0 radical (unpaired) electrons. The van der Waals surface area contributed by atoms with Gasteiger partial charge in [-0.3, -0.25) is 4.79 Å². The van der Waals surface area contributed by atoms with Gasteiger partial charge in [0, 0.05) is 6.08 Å². The molecule has 0 heterocycles. The van der Waals surface area contributed by atoms with Gasteiger partial charge < -0.3 is 5.73 Å². The van der Waals surface area contributed by atoms with Crippen LogP contribution in [-0.4, -0.2) is 5.91 Å². The van der Waals surface area contributed by atoms with Crippen molar-refractivity contribution in [1.82, 2.24) is 0 Å². The molecule has 0 bridgehead atoms. The highest BCUT2D eigenvalue weighted by Crippen LogP contribution is 1.65. The van der Waals surface area contributed by atoms with E-state index in [0.29, 0.717) is 0 Å². The van der Waals surface area contributed by atoms with Gasteiger partial charge in [0.2, 0.25) is 5.91 Å². The number of rotatable bonds is 1. The molecule has 2 nitrogen and oxygen atoms in total. The van der Waals surface area contributed by atoms with Crippen molar-refractivity contribution >= 4 is 5.91 Å². The SMILES string of the molecule is CC#CC=CC(N)=O. The van der Waals surface area contributed by atoms with Gasteiger partial charge in [-0.2, -0.15) is 0 Å². The second kappa shape index (κ2) is 3.94. The third-order valence-electron chi connectivity index (χ3n) is 0.475. The Labute approximate surface area is 48.4 Å². The molecule has 0 saturated carbocycles. The summed E-state index contributed by atoms with van der Waals surface area (Å²) < 4.78 is 0. The number of carbonyl (C=O) groups is 1. The Hall–Kier alpha value is -1.23. The van der Waals surface area contributed by atoms with Crippen LogP contribution >= 0.6 is 0 Å². The largest absolute Gasteiger partial charge is 0.366 e. The highest BCUT2D eigenvalue weighted by atomic mass is 16.1. The summed E-state index contributed by atoms with van der Waals surface area (Å²) in [6, 6.07) is 0. The molecule has 0 aliphatic rings. The predicted octanol–water partition coefficient (Wildman–Crippen LogP) is 0.0512. The minimum Gasteiger partial charge on any atom is -0.366 e. The summed E-state index contributed by atoms with van der Waals surface area (Å²) in [5, 5.41) is 0. The molecule has 0 unspecified atom stereocenters. The van der Waals surface area contributed by atoms with Crippen LogP contribution in [0.25, 0.3) is 0 Å². The lowest BCUT2D eigenvalue weighted by Gasteiger charge is -1.70. The Bertz CT molecular complexity index is 159. The molecule has 0 aliphatic heterocycles. The monoisotopic (exact) mass is 109 g/mol. The van der Waals surface area contributed by atoms with Crippen LogP contribution < -0.4 is 5.73 Å². The summed E-state index contributed by atoms with van der Waals surface area (Å²) in [7, 11) is 0. The van der Waals surface area contributed by atoms with E-state index in [4.69, 9.17) is 5.73 Å². The van der Waals surface area contributed by atoms with E-state index in [9.17, 15) is 4.79 Å². The van der Waals surface area contributed by atoms with E-state index in [1.54, 1.807) is 6.92 Å². The molecule has 0 spiro atoms. The predicted molar refractivity (Wildman–Crippen MR) is 31.8 cm³/mol. The zero-order chi connectivity index (χ0) is 6.41. The first kappa shape index (κ1) is 6.77. The Balaban J connectivity index is 3.61. The molecule has 0 aromatic carbocycles. The van der Waals surface area contributed by atoms with E-state index < -0.39 is 5.91 Å².